The van der Waals surface area contributed by atoms with Crippen LogP contribution in [-0.4, -0.2) is 18.3 Å². The van der Waals surface area contributed by atoms with Crippen LogP contribution in [0.25, 0.3) is 0 Å². The first-order valence-corrected chi connectivity index (χ1v) is 7.69. The lowest BCUT2D eigenvalue weighted by Gasteiger charge is -2.32. The fourth-order valence-electron chi connectivity index (χ4n) is 2.11. The maximum Gasteiger partial charge on any atom is 0.497 e. The van der Waals surface area contributed by atoms with Crippen LogP contribution in [0.2, 0.25) is 0 Å². The molecule has 1 fully saturated rings. The summed E-state index contributed by atoms with van der Waals surface area (Å²) >= 11 is 3.28. The normalized spacial score (nSPS) is 20.8. The highest BCUT2D eigenvalue weighted by molar-refractivity contribution is 9.10. The molecule has 0 N–H and O–H groups in total. The van der Waals surface area contributed by atoms with E-state index in [1.54, 1.807) is 0 Å². The molecule has 2 rings (SSSR count). The molecule has 1 aliphatic rings. The highest BCUT2D eigenvalue weighted by atomic mass is 79.9. The highest BCUT2D eigenvalue weighted by Crippen LogP contribution is 2.37. The zero-order chi connectivity index (χ0) is 15.3. The minimum atomic E-state index is -0.671. The van der Waals surface area contributed by atoms with Crippen molar-refractivity contribution in [3.8, 4) is 0 Å². The van der Waals surface area contributed by atoms with Crippen molar-refractivity contribution >= 4 is 28.5 Å². The van der Waals surface area contributed by atoms with Crippen LogP contribution >= 0.6 is 15.9 Å². The molecule has 0 amide bonds. The van der Waals surface area contributed by atoms with E-state index in [0.717, 1.165) is 5.56 Å². The van der Waals surface area contributed by atoms with Crippen LogP contribution in [0.15, 0.2) is 16.6 Å². The lowest BCUT2D eigenvalue weighted by Crippen LogP contribution is -2.41. The molecule has 20 heavy (non-hydrogen) atoms. The molecule has 1 aromatic carbocycles. The van der Waals surface area contributed by atoms with Gasteiger partial charge in [0.1, 0.15) is 5.82 Å². The van der Waals surface area contributed by atoms with E-state index >= 15 is 0 Å². The van der Waals surface area contributed by atoms with Gasteiger partial charge in [-0.05, 0) is 61.2 Å². The molecule has 0 atom stereocenters. The van der Waals surface area contributed by atoms with E-state index in [4.69, 9.17) is 9.31 Å². The lowest BCUT2D eigenvalue weighted by atomic mass is 9.77. The van der Waals surface area contributed by atoms with Crippen LogP contribution in [0.3, 0.4) is 0 Å². The monoisotopic (exact) mass is 342 g/mol. The van der Waals surface area contributed by atoms with Gasteiger partial charge in [-0.2, -0.15) is 0 Å². The molecular weight excluding hydrogens is 322 g/mol. The van der Waals surface area contributed by atoms with Gasteiger partial charge in [-0.15, -0.1) is 0 Å². The van der Waals surface area contributed by atoms with E-state index in [-0.39, 0.29) is 5.82 Å². The zero-order valence-electron chi connectivity index (χ0n) is 12.9. The predicted octanol–water partition coefficient (Wildman–Crippen LogP) is 4.01. The Hall–Kier alpha value is -0.385. The molecule has 0 unspecified atom stereocenters. The maximum absolute atomic E-state index is 14.4. The number of hydrogen-bond donors (Lipinski definition) is 0. The first-order valence-electron chi connectivity index (χ1n) is 6.89. The molecule has 0 radical (unpaired) electrons. The van der Waals surface area contributed by atoms with Crippen molar-refractivity contribution in [1.82, 2.24) is 0 Å². The summed E-state index contributed by atoms with van der Waals surface area (Å²) in [6.07, 6.45) is 0. The van der Waals surface area contributed by atoms with Gasteiger partial charge >= 0.3 is 7.12 Å². The summed E-state index contributed by atoms with van der Waals surface area (Å²) in [5, 5.41) is 0. The van der Waals surface area contributed by atoms with Crippen molar-refractivity contribution in [3.63, 3.8) is 0 Å². The van der Waals surface area contributed by atoms with Gasteiger partial charge in [0.25, 0.3) is 0 Å². The maximum atomic E-state index is 14.4. The summed E-state index contributed by atoms with van der Waals surface area (Å²) in [4.78, 5) is 0. The van der Waals surface area contributed by atoms with E-state index in [2.05, 4.69) is 29.8 Å². The van der Waals surface area contributed by atoms with E-state index in [1.807, 2.05) is 39.8 Å². The molecular formula is C15H21BBrFO2. The standard InChI is InChI=1S/C15H21BBrFO2/c1-9(2)10-7-11(13(18)12(17)8-10)16-19-14(3,4)15(5,6)20-16/h7-9H,1-6H3. The molecule has 110 valence electrons. The van der Waals surface area contributed by atoms with Crippen LogP contribution in [0.1, 0.15) is 53.0 Å². The Morgan fingerprint density at radius 2 is 1.60 bits per heavy atom. The number of halogens is 2. The van der Waals surface area contributed by atoms with Crippen LogP contribution in [-0.2, 0) is 9.31 Å². The van der Waals surface area contributed by atoms with E-state index < -0.39 is 18.3 Å². The Morgan fingerprint density at radius 3 is 2.05 bits per heavy atom. The van der Waals surface area contributed by atoms with Crippen molar-refractivity contribution in [3.05, 3.63) is 28.0 Å². The van der Waals surface area contributed by atoms with Crippen molar-refractivity contribution in [1.29, 1.82) is 0 Å². The summed E-state index contributed by atoms with van der Waals surface area (Å²) in [5.41, 5.74) is 0.583. The van der Waals surface area contributed by atoms with Gasteiger partial charge in [-0.1, -0.05) is 19.9 Å². The number of benzene rings is 1. The minimum Gasteiger partial charge on any atom is -0.399 e. The van der Waals surface area contributed by atoms with Gasteiger partial charge in [0.2, 0.25) is 0 Å². The Bertz CT molecular complexity index is 513. The fourth-order valence-corrected chi connectivity index (χ4v) is 2.60. The van der Waals surface area contributed by atoms with Gasteiger partial charge in [0, 0.05) is 5.46 Å². The number of hydrogen-bond acceptors (Lipinski definition) is 2. The smallest absolute Gasteiger partial charge is 0.399 e. The molecule has 0 spiro atoms. The SMILES string of the molecule is CC(C)c1cc(Br)c(F)c(B2OC(C)(C)C(C)(C)O2)c1. The van der Waals surface area contributed by atoms with Gasteiger partial charge in [-0.3, -0.25) is 0 Å². The first-order chi connectivity index (χ1) is 9.05. The topological polar surface area (TPSA) is 18.5 Å². The third-order valence-corrected chi connectivity index (χ3v) is 4.83. The van der Waals surface area contributed by atoms with E-state index in [0.29, 0.717) is 15.9 Å². The van der Waals surface area contributed by atoms with Crippen LogP contribution in [0, 0.1) is 5.82 Å². The second kappa shape index (κ2) is 5.11. The molecule has 1 aliphatic heterocycles. The molecule has 2 nitrogen and oxygen atoms in total. The molecule has 5 heteroatoms. The Balaban J connectivity index is 2.44. The van der Waals surface area contributed by atoms with Crippen molar-refractivity contribution in [2.24, 2.45) is 0 Å². The van der Waals surface area contributed by atoms with Gasteiger partial charge in [0.05, 0.1) is 15.7 Å². The zero-order valence-corrected chi connectivity index (χ0v) is 14.5. The molecule has 0 bridgehead atoms. The third-order valence-electron chi connectivity index (χ3n) is 4.25. The minimum absolute atomic E-state index is 0.312. The largest absolute Gasteiger partial charge is 0.497 e. The van der Waals surface area contributed by atoms with Crippen LogP contribution in [0.5, 0.6) is 0 Å². The van der Waals surface area contributed by atoms with Crippen molar-refractivity contribution in [2.45, 2.75) is 58.7 Å². The summed E-state index contributed by atoms with van der Waals surface area (Å²) in [7, 11) is -0.671. The predicted molar refractivity (Wildman–Crippen MR) is 83.9 cm³/mol. The van der Waals surface area contributed by atoms with Gasteiger partial charge in [-0.25, -0.2) is 4.39 Å². The number of rotatable bonds is 2. The summed E-state index contributed by atoms with van der Waals surface area (Å²) in [6, 6.07) is 3.65. The first kappa shape index (κ1) is 16.0. The molecule has 1 heterocycles. The summed E-state index contributed by atoms with van der Waals surface area (Å²) in [6.45, 7) is 12.0. The second-order valence-electron chi connectivity index (χ2n) is 6.65. The third kappa shape index (κ3) is 2.68. The summed E-state index contributed by atoms with van der Waals surface area (Å²) in [5.74, 6) is 0.000901. The average molecular weight is 343 g/mol. The van der Waals surface area contributed by atoms with Crippen molar-refractivity contribution in [2.75, 3.05) is 0 Å². The molecule has 1 aromatic rings. The lowest BCUT2D eigenvalue weighted by molar-refractivity contribution is 0.00578. The molecule has 0 aliphatic carbocycles. The van der Waals surface area contributed by atoms with Crippen LogP contribution < -0.4 is 5.46 Å². The summed E-state index contributed by atoms with van der Waals surface area (Å²) < 4.78 is 26.7. The Morgan fingerprint density at radius 1 is 1.10 bits per heavy atom. The average Bonchev–Trinajstić information content (AvgIpc) is 2.51. The van der Waals surface area contributed by atoms with Gasteiger partial charge < -0.3 is 9.31 Å². The Kier molecular flexibility index (Phi) is 4.09. The fraction of sp³-hybridized carbons (Fsp3) is 0.600. The van der Waals surface area contributed by atoms with E-state index in [9.17, 15) is 4.39 Å². The highest BCUT2D eigenvalue weighted by Gasteiger charge is 2.52. The molecule has 1 saturated heterocycles. The van der Waals surface area contributed by atoms with E-state index in [1.165, 1.54) is 0 Å². The quantitative estimate of drug-likeness (QED) is 0.756. The van der Waals surface area contributed by atoms with Gasteiger partial charge in [0.15, 0.2) is 0 Å². The molecule has 0 saturated carbocycles. The molecule has 0 aromatic heterocycles. The second-order valence-corrected chi connectivity index (χ2v) is 7.50. The van der Waals surface area contributed by atoms with Crippen LogP contribution in [0.4, 0.5) is 4.39 Å². The van der Waals surface area contributed by atoms with Crippen molar-refractivity contribution < 1.29 is 13.7 Å². The Labute approximate surface area is 129 Å².